The number of aryl methyl sites for hydroxylation is 1. The molecular weight excluding hydrogens is 350 g/mol. The highest BCUT2D eigenvalue weighted by atomic mass is 19.4. The molecule has 0 saturated carbocycles. The van der Waals surface area contributed by atoms with E-state index in [1.807, 2.05) is 0 Å². The van der Waals surface area contributed by atoms with E-state index >= 15 is 0 Å². The van der Waals surface area contributed by atoms with E-state index < -0.39 is 24.0 Å². The minimum absolute atomic E-state index is 0.236. The van der Waals surface area contributed by atoms with Crippen LogP contribution in [0.3, 0.4) is 0 Å². The molecule has 0 amide bonds. The van der Waals surface area contributed by atoms with E-state index in [4.69, 9.17) is 0 Å². The van der Waals surface area contributed by atoms with Gasteiger partial charge in [0.25, 0.3) is 0 Å². The molecule has 0 spiro atoms. The lowest BCUT2D eigenvalue weighted by Gasteiger charge is -2.15. The molecule has 0 radical (unpaired) electrons. The molecule has 0 aromatic carbocycles. The quantitative estimate of drug-likeness (QED) is 0.713. The van der Waals surface area contributed by atoms with E-state index in [1.165, 1.54) is 19.1 Å². The number of halogens is 6. The van der Waals surface area contributed by atoms with Crippen molar-refractivity contribution in [2.45, 2.75) is 38.7 Å². The van der Waals surface area contributed by atoms with Gasteiger partial charge in [-0.15, -0.1) is 13.2 Å². The van der Waals surface area contributed by atoms with Gasteiger partial charge in [0.05, 0.1) is 6.20 Å². The molecule has 2 aromatic rings. The Hall–Kier alpha value is -2.32. The Morgan fingerprint density at radius 2 is 1.76 bits per heavy atom. The second-order valence-corrected chi connectivity index (χ2v) is 5.57. The van der Waals surface area contributed by atoms with Gasteiger partial charge in [0.1, 0.15) is 5.69 Å². The highest BCUT2D eigenvalue weighted by Crippen LogP contribution is 2.31. The van der Waals surface area contributed by atoms with Gasteiger partial charge in [0, 0.05) is 11.9 Å². The molecule has 1 unspecified atom stereocenters. The van der Waals surface area contributed by atoms with Crippen molar-refractivity contribution < 1.29 is 31.1 Å². The second kappa shape index (κ2) is 6.89. The van der Waals surface area contributed by atoms with Gasteiger partial charge in [-0.25, -0.2) is 0 Å². The van der Waals surface area contributed by atoms with Gasteiger partial charge in [-0.1, -0.05) is 6.92 Å². The van der Waals surface area contributed by atoms with Gasteiger partial charge in [-0.3, -0.25) is 9.97 Å². The van der Waals surface area contributed by atoms with Crippen LogP contribution < -0.4 is 4.74 Å². The fourth-order valence-corrected chi connectivity index (χ4v) is 2.28. The predicted molar refractivity (Wildman–Crippen MR) is 77.0 cm³/mol. The smallest absolute Gasteiger partial charge is 0.404 e. The first-order valence-corrected chi connectivity index (χ1v) is 7.20. The zero-order valence-electron chi connectivity index (χ0n) is 13.2. The van der Waals surface area contributed by atoms with E-state index in [9.17, 15) is 26.3 Å². The van der Waals surface area contributed by atoms with Crippen LogP contribution in [0.4, 0.5) is 26.3 Å². The average molecular weight is 364 g/mol. The fourth-order valence-electron chi connectivity index (χ4n) is 2.28. The summed E-state index contributed by atoms with van der Waals surface area (Å²) >= 11 is 0. The summed E-state index contributed by atoms with van der Waals surface area (Å²) in [7, 11) is 0. The molecule has 2 rings (SSSR count). The zero-order valence-corrected chi connectivity index (χ0v) is 13.2. The van der Waals surface area contributed by atoms with Gasteiger partial charge in [0.15, 0.2) is 5.75 Å². The van der Waals surface area contributed by atoms with Gasteiger partial charge >= 0.3 is 12.5 Å². The molecule has 0 bridgehead atoms. The monoisotopic (exact) mass is 364 g/mol. The van der Waals surface area contributed by atoms with Crippen LogP contribution in [0.5, 0.6) is 5.75 Å². The molecule has 2 heterocycles. The summed E-state index contributed by atoms with van der Waals surface area (Å²) < 4.78 is 78.7. The summed E-state index contributed by atoms with van der Waals surface area (Å²) in [5, 5.41) is 0. The van der Waals surface area contributed by atoms with Crippen LogP contribution in [0, 0.1) is 6.92 Å². The predicted octanol–water partition coefficient (Wildman–Crippen LogP) is 5.05. The lowest BCUT2D eigenvalue weighted by molar-refractivity contribution is -0.275. The summed E-state index contributed by atoms with van der Waals surface area (Å²) in [5.74, 6) is -0.738. The second-order valence-electron chi connectivity index (χ2n) is 5.57. The van der Waals surface area contributed by atoms with Crippen molar-refractivity contribution in [1.29, 1.82) is 0 Å². The minimum Gasteiger partial charge on any atom is -0.404 e. The Bertz CT molecular complexity index is 742. The van der Waals surface area contributed by atoms with Crippen LogP contribution in [0.2, 0.25) is 0 Å². The normalized spacial score (nSPS) is 13.6. The molecule has 136 valence electrons. The van der Waals surface area contributed by atoms with Crippen molar-refractivity contribution in [1.82, 2.24) is 9.97 Å². The molecule has 1 atom stereocenters. The van der Waals surface area contributed by atoms with E-state index in [0.29, 0.717) is 11.3 Å². The topological polar surface area (TPSA) is 35.0 Å². The molecule has 9 heteroatoms. The third-order valence-corrected chi connectivity index (χ3v) is 3.50. The summed E-state index contributed by atoms with van der Waals surface area (Å²) in [5.41, 5.74) is 0.109. The number of rotatable bonds is 4. The number of pyridine rings is 2. The van der Waals surface area contributed by atoms with Crippen LogP contribution in [-0.2, 0) is 12.6 Å². The van der Waals surface area contributed by atoms with Gasteiger partial charge in [-0.05, 0) is 48.6 Å². The Balaban J connectivity index is 2.16. The summed E-state index contributed by atoms with van der Waals surface area (Å²) in [6.07, 6.45) is -7.06. The van der Waals surface area contributed by atoms with E-state index in [1.54, 1.807) is 6.92 Å². The van der Waals surface area contributed by atoms with Gasteiger partial charge < -0.3 is 4.74 Å². The largest absolute Gasteiger partial charge is 0.573 e. The highest BCUT2D eigenvalue weighted by molar-refractivity contribution is 5.32. The zero-order chi connectivity index (χ0) is 18.8. The third-order valence-electron chi connectivity index (χ3n) is 3.50. The molecule has 3 nitrogen and oxygen atoms in total. The lowest BCUT2D eigenvalue weighted by Crippen LogP contribution is -2.18. The maximum atomic E-state index is 12.7. The first-order chi connectivity index (χ1) is 11.5. The van der Waals surface area contributed by atoms with Crippen molar-refractivity contribution in [3.8, 4) is 5.75 Å². The number of hydrogen-bond acceptors (Lipinski definition) is 3. The molecule has 0 aliphatic carbocycles. The lowest BCUT2D eigenvalue weighted by atomic mass is 9.95. The molecule has 0 fully saturated rings. The van der Waals surface area contributed by atoms with Crippen molar-refractivity contribution in [2.75, 3.05) is 0 Å². The average Bonchev–Trinajstić information content (AvgIpc) is 2.48. The molecule has 2 aromatic heterocycles. The highest BCUT2D eigenvalue weighted by Gasteiger charge is 2.33. The number of nitrogens with zero attached hydrogens (tertiary/aromatic N) is 2. The summed E-state index contributed by atoms with van der Waals surface area (Å²) in [6, 6.07) is 3.84. The van der Waals surface area contributed by atoms with Crippen LogP contribution in [-0.4, -0.2) is 16.3 Å². The molecule has 0 aliphatic rings. The fraction of sp³-hybridized carbons (Fsp3) is 0.375. The molecule has 0 saturated heterocycles. The van der Waals surface area contributed by atoms with Gasteiger partial charge in [0.2, 0.25) is 0 Å². The van der Waals surface area contributed by atoms with Crippen molar-refractivity contribution in [2.24, 2.45) is 0 Å². The minimum atomic E-state index is -4.81. The molecule has 0 aliphatic heterocycles. The Morgan fingerprint density at radius 1 is 1.08 bits per heavy atom. The van der Waals surface area contributed by atoms with E-state index in [2.05, 4.69) is 14.7 Å². The molecule has 25 heavy (non-hydrogen) atoms. The first-order valence-electron chi connectivity index (χ1n) is 7.20. The maximum Gasteiger partial charge on any atom is 0.573 e. The first kappa shape index (κ1) is 19.0. The number of hydrogen-bond donors (Lipinski definition) is 0. The maximum absolute atomic E-state index is 12.7. The van der Waals surface area contributed by atoms with Gasteiger partial charge in [-0.2, -0.15) is 13.2 Å². The van der Waals surface area contributed by atoms with E-state index in [0.717, 1.165) is 18.5 Å². The molecule has 0 N–H and O–H groups in total. The number of ether oxygens (including phenoxy) is 1. The molecular formula is C16H14F6N2O. The third kappa shape index (κ3) is 5.33. The van der Waals surface area contributed by atoms with Crippen LogP contribution in [0.25, 0.3) is 0 Å². The van der Waals surface area contributed by atoms with Crippen LogP contribution >= 0.6 is 0 Å². The summed E-state index contributed by atoms with van der Waals surface area (Å²) in [6.45, 7) is 3.14. The number of aromatic nitrogens is 2. The summed E-state index contributed by atoms with van der Waals surface area (Å²) in [4.78, 5) is 7.19. The van der Waals surface area contributed by atoms with Crippen molar-refractivity contribution in [3.63, 3.8) is 0 Å². The SMILES string of the molecule is Cc1cc(CC(C)c2ccnc(C(F)(F)F)c2)ncc1OC(F)(F)F. The van der Waals surface area contributed by atoms with Crippen LogP contribution in [0.1, 0.15) is 35.4 Å². The standard InChI is InChI=1S/C16H14F6N2O/c1-9(11-3-4-23-14(7-11)15(17,18)19)5-12-6-10(2)13(8-24-12)25-16(20,21)22/h3-4,6-9H,5H2,1-2H3. The Kier molecular flexibility index (Phi) is 5.24. The van der Waals surface area contributed by atoms with E-state index in [-0.39, 0.29) is 17.9 Å². The Morgan fingerprint density at radius 3 is 2.32 bits per heavy atom. The van der Waals surface area contributed by atoms with Crippen molar-refractivity contribution in [3.05, 3.63) is 53.1 Å². The Labute approximate surface area is 139 Å². The number of alkyl halides is 6. The van der Waals surface area contributed by atoms with Crippen molar-refractivity contribution >= 4 is 0 Å². The van der Waals surface area contributed by atoms with Crippen LogP contribution in [0.15, 0.2) is 30.6 Å².